The van der Waals surface area contributed by atoms with Gasteiger partial charge in [0.05, 0.1) is 18.8 Å². The molecule has 2 rings (SSSR count). The Morgan fingerprint density at radius 3 is 2.93 bits per heavy atom. The Morgan fingerprint density at radius 1 is 1.50 bits per heavy atom. The fraction of sp³-hybridized carbons (Fsp3) is 0.700. The van der Waals surface area contributed by atoms with Gasteiger partial charge < -0.3 is 15.8 Å². The summed E-state index contributed by atoms with van der Waals surface area (Å²) in [5, 5.41) is 3.27. The average molecular weight is 195 g/mol. The molecule has 2 aliphatic rings. The van der Waals surface area contributed by atoms with E-state index in [1.54, 1.807) is 6.20 Å². The lowest BCUT2D eigenvalue weighted by Gasteiger charge is -2.23. The quantitative estimate of drug-likeness (QED) is 0.626. The van der Waals surface area contributed by atoms with E-state index in [1.165, 1.54) is 12.8 Å². The highest BCUT2D eigenvalue weighted by molar-refractivity contribution is 5.80. The Bertz CT molecular complexity index is 240. The first-order valence-corrected chi connectivity index (χ1v) is 5.17. The van der Waals surface area contributed by atoms with Crippen LogP contribution in [0.5, 0.6) is 0 Å². The highest BCUT2D eigenvalue weighted by Gasteiger charge is 2.21. The third-order valence-corrected chi connectivity index (χ3v) is 2.47. The Balaban J connectivity index is 1.90. The maximum absolute atomic E-state index is 5.58. The van der Waals surface area contributed by atoms with Gasteiger partial charge in [-0.25, -0.2) is 0 Å². The van der Waals surface area contributed by atoms with Crippen molar-refractivity contribution in [3.8, 4) is 0 Å². The highest BCUT2D eigenvalue weighted by atomic mass is 16.5. The lowest BCUT2D eigenvalue weighted by Crippen LogP contribution is -2.40. The maximum atomic E-state index is 5.58. The topological polar surface area (TPSA) is 59.6 Å². The number of nitrogens with zero attached hydrogens (tertiary/aromatic N) is 1. The minimum absolute atomic E-state index is 0.0799. The predicted octanol–water partition coefficient (Wildman–Crippen LogP) is 0.0506. The van der Waals surface area contributed by atoms with E-state index < -0.39 is 0 Å². The smallest absolute Gasteiger partial charge is 0.0978 e. The van der Waals surface area contributed by atoms with Crippen molar-refractivity contribution in [2.24, 2.45) is 10.7 Å². The minimum Gasteiger partial charge on any atom is -0.404 e. The third kappa shape index (κ3) is 2.56. The number of ether oxygens (including phenoxy) is 1. The van der Waals surface area contributed by atoms with Crippen molar-refractivity contribution in [1.82, 2.24) is 5.32 Å². The zero-order chi connectivity index (χ0) is 9.80. The summed E-state index contributed by atoms with van der Waals surface area (Å²) < 4.78 is 5.58. The van der Waals surface area contributed by atoms with Gasteiger partial charge in [-0.15, -0.1) is 0 Å². The molecule has 14 heavy (non-hydrogen) atoms. The van der Waals surface area contributed by atoms with Crippen LogP contribution in [0.3, 0.4) is 0 Å². The third-order valence-electron chi connectivity index (χ3n) is 2.47. The molecule has 1 heterocycles. The number of hydrogen-bond acceptors (Lipinski definition) is 4. The lowest BCUT2D eigenvalue weighted by atomic mass is 10.1. The molecule has 78 valence electrons. The Morgan fingerprint density at radius 2 is 2.36 bits per heavy atom. The number of nitrogens with one attached hydrogen (secondary N) is 1. The molecule has 1 saturated heterocycles. The van der Waals surface area contributed by atoms with Crippen molar-refractivity contribution in [3.05, 3.63) is 11.8 Å². The predicted molar refractivity (Wildman–Crippen MR) is 56.4 cm³/mol. The molecule has 1 aliphatic heterocycles. The molecule has 3 N–H and O–H groups in total. The average Bonchev–Trinajstić information content (AvgIpc) is 3.04. The van der Waals surface area contributed by atoms with Crippen molar-refractivity contribution in [2.45, 2.75) is 25.0 Å². The van der Waals surface area contributed by atoms with Crippen LogP contribution in [-0.2, 0) is 4.74 Å². The Kier molecular flexibility index (Phi) is 3.16. The first kappa shape index (κ1) is 9.68. The molecule has 1 atom stereocenters. The molecule has 2 fully saturated rings. The van der Waals surface area contributed by atoms with Gasteiger partial charge in [-0.3, -0.25) is 4.99 Å². The second kappa shape index (κ2) is 4.57. The normalized spacial score (nSPS) is 29.7. The van der Waals surface area contributed by atoms with Crippen molar-refractivity contribution >= 4 is 6.21 Å². The molecule has 0 unspecified atom stereocenters. The van der Waals surface area contributed by atoms with Crippen molar-refractivity contribution in [1.29, 1.82) is 0 Å². The summed E-state index contributed by atoms with van der Waals surface area (Å²) in [5.41, 5.74) is 6.54. The van der Waals surface area contributed by atoms with E-state index in [2.05, 4.69) is 10.3 Å². The number of rotatable bonds is 3. The number of nitrogens with two attached hydrogens (primary N) is 1. The SMILES string of the molecule is N/C=C(\C=NC1CC1)[C@H]1CNCCO1. The molecular weight excluding hydrogens is 178 g/mol. The standard InChI is InChI=1S/C10H17N3O/c11-5-8(6-13-9-1-2-9)10-7-12-3-4-14-10/h5-6,9-10,12H,1-4,7,11H2/b8-5+,13-6?/t10-/m1/s1. The summed E-state index contributed by atoms with van der Waals surface area (Å²) in [7, 11) is 0. The molecule has 0 aromatic carbocycles. The number of morpholine rings is 1. The van der Waals surface area contributed by atoms with Crippen LogP contribution in [0, 0.1) is 0 Å². The molecule has 0 spiro atoms. The van der Waals surface area contributed by atoms with Crippen LogP contribution in [0.1, 0.15) is 12.8 Å². The zero-order valence-electron chi connectivity index (χ0n) is 8.28. The molecule has 1 saturated carbocycles. The zero-order valence-corrected chi connectivity index (χ0v) is 8.28. The van der Waals surface area contributed by atoms with E-state index >= 15 is 0 Å². The molecule has 4 heteroatoms. The molecule has 0 amide bonds. The molecule has 0 bridgehead atoms. The van der Waals surface area contributed by atoms with Crippen molar-refractivity contribution in [3.63, 3.8) is 0 Å². The van der Waals surface area contributed by atoms with E-state index in [4.69, 9.17) is 10.5 Å². The van der Waals surface area contributed by atoms with Gasteiger partial charge in [0.25, 0.3) is 0 Å². The first-order chi connectivity index (χ1) is 6.90. The van der Waals surface area contributed by atoms with E-state index in [1.807, 2.05) is 6.21 Å². The van der Waals surface area contributed by atoms with E-state index in [-0.39, 0.29) is 6.10 Å². The van der Waals surface area contributed by atoms with Crippen molar-refractivity contribution < 1.29 is 4.74 Å². The molecule has 0 aromatic heterocycles. The molecule has 1 aliphatic carbocycles. The van der Waals surface area contributed by atoms with Gasteiger partial charge in [-0.2, -0.15) is 0 Å². The summed E-state index contributed by atoms with van der Waals surface area (Å²) in [6.45, 7) is 2.51. The fourth-order valence-corrected chi connectivity index (χ4v) is 1.43. The lowest BCUT2D eigenvalue weighted by molar-refractivity contribution is 0.0555. The van der Waals surface area contributed by atoms with Crippen LogP contribution in [0.15, 0.2) is 16.8 Å². The van der Waals surface area contributed by atoms with Gasteiger partial charge in [-0.05, 0) is 12.8 Å². The van der Waals surface area contributed by atoms with Gasteiger partial charge in [0.1, 0.15) is 0 Å². The van der Waals surface area contributed by atoms with Crippen LogP contribution in [0.25, 0.3) is 0 Å². The fourth-order valence-electron chi connectivity index (χ4n) is 1.43. The van der Waals surface area contributed by atoms with Gasteiger partial charge in [0.2, 0.25) is 0 Å². The van der Waals surface area contributed by atoms with Gasteiger partial charge in [0, 0.05) is 31.1 Å². The summed E-state index contributed by atoms with van der Waals surface area (Å²) in [5.74, 6) is 0. The largest absolute Gasteiger partial charge is 0.404 e. The van der Waals surface area contributed by atoms with E-state index in [9.17, 15) is 0 Å². The van der Waals surface area contributed by atoms with Crippen LogP contribution in [0.4, 0.5) is 0 Å². The second-order valence-electron chi connectivity index (χ2n) is 3.74. The summed E-state index contributed by atoms with van der Waals surface area (Å²) in [4.78, 5) is 4.40. The molecule has 0 radical (unpaired) electrons. The Hall–Kier alpha value is -0.870. The maximum Gasteiger partial charge on any atom is 0.0978 e. The van der Waals surface area contributed by atoms with Gasteiger partial charge >= 0.3 is 0 Å². The van der Waals surface area contributed by atoms with Gasteiger partial charge in [-0.1, -0.05) is 0 Å². The van der Waals surface area contributed by atoms with E-state index in [0.717, 1.165) is 25.3 Å². The second-order valence-corrected chi connectivity index (χ2v) is 3.74. The number of hydrogen-bond donors (Lipinski definition) is 2. The van der Waals surface area contributed by atoms with Crippen LogP contribution in [-0.4, -0.2) is 38.1 Å². The van der Waals surface area contributed by atoms with Crippen molar-refractivity contribution in [2.75, 3.05) is 19.7 Å². The van der Waals surface area contributed by atoms with E-state index in [0.29, 0.717) is 6.04 Å². The van der Waals surface area contributed by atoms with Crippen LogP contribution < -0.4 is 11.1 Å². The summed E-state index contributed by atoms with van der Waals surface area (Å²) in [6.07, 6.45) is 5.99. The van der Waals surface area contributed by atoms with Crippen LogP contribution >= 0.6 is 0 Å². The monoisotopic (exact) mass is 195 g/mol. The Labute approximate surface area is 84.2 Å². The molecule has 4 nitrogen and oxygen atoms in total. The molecule has 0 aromatic rings. The molecular formula is C10H17N3O. The van der Waals surface area contributed by atoms with Crippen LogP contribution in [0.2, 0.25) is 0 Å². The summed E-state index contributed by atoms with van der Waals surface area (Å²) >= 11 is 0. The minimum atomic E-state index is 0.0799. The highest BCUT2D eigenvalue weighted by Crippen LogP contribution is 2.23. The van der Waals surface area contributed by atoms with Gasteiger partial charge in [0.15, 0.2) is 0 Å². The number of aliphatic imine (C=N–C) groups is 1. The first-order valence-electron chi connectivity index (χ1n) is 5.17. The summed E-state index contributed by atoms with van der Waals surface area (Å²) in [6, 6.07) is 0.543.